The third-order valence-corrected chi connectivity index (χ3v) is 5.13. The number of hydrogen-bond donors (Lipinski definition) is 3. The summed E-state index contributed by atoms with van der Waals surface area (Å²) in [6, 6.07) is 14.1. The van der Waals surface area contributed by atoms with Gasteiger partial charge in [0.05, 0.1) is 12.7 Å². The van der Waals surface area contributed by atoms with Crippen molar-refractivity contribution in [1.29, 1.82) is 5.26 Å². The van der Waals surface area contributed by atoms with Crippen LogP contribution in [0.5, 0.6) is 0 Å². The van der Waals surface area contributed by atoms with Gasteiger partial charge in [-0.1, -0.05) is 59.7 Å². The summed E-state index contributed by atoms with van der Waals surface area (Å²) in [5.74, 6) is -1.29. The molecule has 2 unspecified atom stereocenters. The standard InChI is InChI=1S/C27H34N4O5/c1-18-13-19(2)15-21(14-18)23(24(33)29-16-20-9-7-6-8-10-20)31(12-11-28)25(34)22(17-32)30-26(35)36-27(3,4)5/h6-10,13-15,22-23,32H,12,16-17H2,1-5H3,(H,29,33)(H,30,35). The van der Waals surface area contributed by atoms with Gasteiger partial charge < -0.3 is 25.4 Å². The van der Waals surface area contributed by atoms with Crippen LogP contribution in [-0.2, 0) is 20.9 Å². The fourth-order valence-electron chi connectivity index (χ4n) is 3.73. The van der Waals surface area contributed by atoms with Crippen LogP contribution < -0.4 is 10.6 Å². The van der Waals surface area contributed by atoms with Crippen molar-refractivity contribution in [1.82, 2.24) is 15.5 Å². The Bertz CT molecular complexity index is 1090. The molecule has 2 aromatic rings. The molecule has 0 aliphatic rings. The second-order valence-corrected chi connectivity index (χ2v) is 9.53. The number of nitriles is 1. The van der Waals surface area contributed by atoms with Gasteiger partial charge in [-0.2, -0.15) is 5.26 Å². The molecule has 0 saturated carbocycles. The highest BCUT2D eigenvalue weighted by molar-refractivity contribution is 5.92. The van der Waals surface area contributed by atoms with E-state index in [1.165, 1.54) is 0 Å². The first-order valence-corrected chi connectivity index (χ1v) is 11.6. The van der Waals surface area contributed by atoms with Crippen LogP contribution >= 0.6 is 0 Å². The monoisotopic (exact) mass is 494 g/mol. The van der Waals surface area contributed by atoms with Gasteiger partial charge in [-0.25, -0.2) is 4.79 Å². The van der Waals surface area contributed by atoms with Crippen LogP contribution in [0.25, 0.3) is 0 Å². The fraction of sp³-hybridized carbons (Fsp3) is 0.407. The topological polar surface area (TPSA) is 132 Å². The van der Waals surface area contributed by atoms with E-state index in [-0.39, 0.29) is 6.54 Å². The third-order valence-electron chi connectivity index (χ3n) is 5.13. The van der Waals surface area contributed by atoms with E-state index < -0.39 is 48.7 Å². The second-order valence-electron chi connectivity index (χ2n) is 9.53. The van der Waals surface area contributed by atoms with Gasteiger partial charge in [-0.3, -0.25) is 9.59 Å². The Labute approximate surface area is 212 Å². The van der Waals surface area contributed by atoms with E-state index in [0.29, 0.717) is 5.56 Å². The number of alkyl carbamates (subject to hydrolysis) is 1. The van der Waals surface area contributed by atoms with Crippen molar-refractivity contribution in [3.05, 3.63) is 70.8 Å². The fourth-order valence-corrected chi connectivity index (χ4v) is 3.73. The Morgan fingerprint density at radius 2 is 1.69 bits per heavy atom. The molecule has 0 aromatic heterocycles. The molecule has 9 heteroatoms. The van der Waals surface area contributed by atoms with Crippen molar-refractivity contribution in [2.75, 3.05) is 13.2 Å². The average Bonchev–Trinajstić information content (AvgIpc) is 2.79. The minimum atomic E-state index is -1.41. The first-order chi connectivity index (χ1) is 16.9. The van der Waals surface area contributed by atoms with E-state index >= 15 is 0 Å². The van der Waals surface area contributed by atoms with Crippen molar-refractivity contribution in [3.63, 3.8) is 0 Å². The molecule has 0 aliphatic heterocycles. The van der Waals surface area contributed by atoms with Crippen LogP contribution in [0.1, 0.15) is 49.1 Å². The molecule has 0 aliphatic carbocycles. The van der Waals surface area contributed by atoms with E-state index in [4.69, 9.17) is 4.74 Å². The molecule has 36 heavy (non-hydrogen) atoms. The summed E-state index contributed by atoms with van der Waals surface area (Å²) in [4.78, 5) is 40.3. The molecule has 3 amide bonds. The molecule has 0 radical (unpaired) electrons. The van der Waals surface area contributed by atoms with Gasteiger partial charge in [0, 0.05) is 6.54 Å². The van der Waals surface area contributed by atoms with Gasteiger partial charge in [0.1, 0.15) is 24.2 Å². The molecule has 2 rings (SSSR count). The SMILES string of the molecule is Cc1cc(C)cc(C(C(=O)NCc2ccccc2)N(CC#N)C(=O)C(CO)NC(=O)OC(C)(C)C)c1. The van der Waals surface area contributed by atoms with Crippen molar-refractivity contribution in [3.8, 4) is 6.07 Å². The first-order valence-electron chi connectivity index (χ1n) is 11.6. The van der Waals surface area contributed by atoms with E-state index in [1.807, 2.05) is 56.3 Å². The second kappa shape index (κ2) is 12.7. The minimum absolute atomic E-state index is 0.217. The quantitative estimate of drug-likeness (QED) is 0.459. The lowest BCUT2D eigenvalue weighted by Gasteiger charge is -2.32. The third kappa shape index (κ3) is 8.40. The number of hydrogen-bond acceptors (Lipinski definition) is 6. The molecular weight excluding hydrogens is 460 g/mol. The lowest BCUT2D eigenvalue weighted by atomic mass is 9.98. The number of carbonyl (C=O) groups is 3. The van der Waals surface area contributed by atoms with Gasteiger partial charge in [-0.15, -0.1) is 0 Å². The predicted molar refractivity (Wildman–Crippen MR) is 135 cm³/mol. The molecule has 0 fully saturated rings. The highest BCUT2D eigenvalue weighted by Gasteiger charge is 2.36. The zero-order valence-corrected chi connectivity index (χ0v) is 21.4. The highest BCUT2D eigenvalue weighted by Crippen LogP contribution is 2.25. The average molecular weight is 495 g/mol. The summed E-state index contributed by atoms with van der Waals surface area (Å²) in [5, 5.41) is 24.6. The van der Waals surface area contributed by atoms with Crippen molar-refractivity contribution < 1.29 is 24.2 Å². The van der Waals surface area contributed by atoms with E-state index in [2.05, 4.69) is 10.6 Å². The molecule has 2 atom stereocenters. The molecule has 9 nitrogen and oxygen atoms in total. The van der Waals surface area contributed by atoms with E-state index in [1.54, 1.807) is 32.9 Å². The lowest BCUT2D eigenvalue weighted by Crippen LogP contribution is -2.54. The zero-order valence-electron chi connectivity index (χ0n) is 21.4. The Morgan fingerprint density at radius 1 is 1.08 bits per heavy atom. The number of aliphatic hydroxyl groups is 1. The van der Waals surface area contributed by atoms with Crippen LogP contribution in [0.2, 0.25) is 0 Å². The minimum Gasteiger partial charge on any atom is -0.444 e. The lowest BCUT2D eigenvalue weighted by molar-refractivity contribution is -0.142. The number of ether oxygens (including phenoxy) is 1. The van der Waals surface area contributed by atoms with Crippen LogP contribution in [0.15, 0.2) is 48.5 Å². The zero-order chi connectivity index (χ0) is 26.9. The molecule has 0 saturated heterocycles. The molecule has 0 spiro atoms. The van der Waals surface area contributed by atoms with Gasteiger partial charge in [-0.05, 0) is 45.7 Å². The number of benzene rings is 2. The van der Waals surface area contributed by atoms with Crippen molar-refractivity contribution in [2.45, 2.75) is 58.8 Å². The molecule has 2 aromatic carbocycles. The smallest absolute Gasteiger partial charge is 0.408 e. The number of nitrogens with one attached hydrogen (secondary N) is 2. The summed E-state index contributed by atoms with van der Waals surface area (Å²) >= 11 is 0. The maximum absolute atomic E-state index is 13.5. The van der Waals surface area contributed by atoms with Gasteiger partial charge in [0.15, 0.2) is 0 Å². The normalized spacial score (nSPS) is 12.6. The number of nitrogens with zero attached hydrogens (tertiary/aromatic N) is 2. The number of rotatable bonds is 9. The summed E-state index contributed by atoms with van der Waals surface area (Å²) < 4.78 is 5.20. The number of aryl methyl sites for hydroxylation is 2. The Kier molecular flexibility index (Phi) is 10.00. The van der Waals surface area contributed by atoms with Crippen molar-refractivity contribution >= 4 is 17.9 Å². The van der Waals surface area contributed by atoms with Gasteiger partial charge in [0.2, 0.25) is 11.8 Å². The maximum atomic E-state index is 13.5. The summed E-state index contributed by atoms with van der Waals surface area (Å²) in [6.07, 6.45) is -0.900. The molecule has 192 valence electrons. The van der Waals surface area contributed by atoms with Gasteiger partial charge >= 0.3 is 6.09 Å². The Morgan fingerprint density at radius 3 is 2.22 bits per heavy atom. The Balaban J connectivity index is 2.42. The van der Waals surface area contributed by atoms with Crippen LogP contribution in [0, 0.1) is 25.2 Å². The summed E-state index contributed by atoms with van der Waals surface area (Å²) in [7, 11) is 0. The molecule has 3 N–H and O–H groups in total. The highest BCUT2D eigenvalue weighted by atomic mass is 16.6. The van der Waals surface area contributed by atoms with Crippen LogP contribution in [0.4, 0.5) is 4.79 Å². The van der Waals surface area contributed by atoms with Gasteiger partial charge in [0.25, 0.3) is 0 Å². The van der Waals surface area contributed by atoms with Crippen molar-refractivity contribution in [2.24, 2.45) is 0 Å². The van der Waals surface area contributed by atoms with E-state index in [0.717, 1.165) is 21.6 Å². The molecular formula is C27H34N4O5. The largest absolute Gasteiger partial charge is 0.444 e. The van der Waals surface area contributed by atoms with E-state index in [9.17, 15) is 24.8 Å². The predicted octanol–water partition coefficient (Wildman–Crippen LogP) is 2.90. The van der Waals surface area contributed by atoms with Crippen LogP contribution in [0.3, 0.4) is 0 Å². The molecule has 0 heterocycles. The number of aliphatic hydroxyl groups excluding tert-OH is 1. The summed E-state index contributed by atoms with van der Waals surface area (Å²) in [6.45, 7) is 7.76. The Hall–Kier alpha value is -3.90. The maximum Gasteiger partial charge on any atom is 0.408 e. The summed E-state index contributed by atoms with van der Waals surface area (Å²) in [5.41, 5.74) is 2.30. The van der Waals surface area contributed by atoms with Crippen LogP contribution in [-0.4, -0.2) is 52.7 Å². The number of carbonyl (C=O) groups excluding carboxylic acids is 3. The molecule has 0 bridgehead atoms. The first kappa shape index (κ1) is 28.3. The number of amides is 3.